The first-order chi connectivity index (χ1) is 9.67. The SMILES string of the molecule is CCCCC(CC)CNCC(=O)Nc1ccccc1F. The highest BCUT2D eigenvalue weighted by Crippen LogP contribution is 2.12. The first kappa shape index (κ1) is 16.6. The summed E-state index contributed by atoms with van der Waals surface area (Å²) in [7, 11) is 0. The second-order valence-corrected chi connectivity index (χ2v) is 5.08. The molecule has 1 aromatic rings. The Morgan fingerprint density at radius 3 is 2.70 bits per heavy atom. The highest BCUT2D eigenvalue weighted by atomic mass is 19.1. The molecular weight excluding hydrogens is 255 g/mol. The maximum absolute atomic E-state index is 13.4. The van der Waals surface area contributed by atoms with Crippen molar-refractivity contribution in [2.45, 2.75) is 39.5 Å². The van der Waals surface area contributed by atoms with Crippen LogP contribution < -0.4 is 10.6 Å². The number of anilines is 1. The molecule has 0 spiro atoms. The predicted octanol–water partition coefficient (Wildman–Crippen LogP) is 3.57. The van der Waals surface area contributed by atoms with Gasteiger partial charge in [-0.05, 0) is 31.0 Å². The summed E-state index contributed by atoms with van der Waals surface area (Å²) < 4.78 is 13.4. The quantitative estimate of drug-likeness (QED) is 0.726. The summed E-state index contributed by atoms with van der Waals surface area (Å²) in [6, 6.07) is 6.19. The van der Waals surface area contributed by atoms with Gasteiger partial charge in [0.05, 0.1) is 12.2 Å². The summed E-state index contributed by atoms with van der Waals surface area (Å²) in [5.41, 5.74) is 0.234. The van der Waals surface area contributed by atoms with E-state index in [0.29, 0.717) is 5.92 Å². The first-order valence-corrected chi connectivity index (χ1v) is 7.42. The van der Waals surface area contributed by atoms with E-state index in [0.717, 1.165) is 13.0 Å². The standard InChI is InChI=1S/C16H25FN2O/c1-3-5-8-13(4-2)11-18-12-16(20)19-15-10-7-6-9-14(15)17/h6-7,9-10,13,18H,3-5,8,11-12H2,1-2H3,(H,19,20). The van der Waals surface area contributed by atoms with E-state index in [1.54, 1.807) is 18.2 Å². The normalized spacial score (nSPS) is 12.2. The molecule has 0 aliphatic rings. The Morgan fingerprint density at radius 2 is 2.05 bits per heavy atom. The zero-order valence-corrected chi connectivity index (χ0v) is 12.4. The van der Waals surface area contributed by atoms with Crippen LogP contribution in [0, 0.1) is 11.7 Å². The van der Waals surface area contributed by atoms with Crippen LogP contribution in [0.3, 0.4) is 0 Å². The van der Waals surface area contributed by atoms with E-state index in [-0.39, 0.29) is 18.1 Å². The predicted molar refractivity (Wildman–Crippen MR) is 81.2 cm³/mol. The summed E-state index contributed by atoms with van der Waals surface area (Å²) in [5.74, 6) is -0.00751. The minimum absolute atomic E-state index is 0.208. The summed E-state index contributed by atoms with van der Waals surface area (Å²) >= 11 is 0. The number of hydrogen-bond acceptors (Lipinski definition) is 2. The number of nitrogens with one attached hydrogen (secondary N) is 2. The van der Waals surface area contributed by atoms with Gasteiger partial charge in [0.15, 0.2) is 0 Å². The molecule has 1 aromatic carbocycles. The third-order valence-electron chi connectivity index (χ3n) is 3.41. The average Bonchev–Trinajstić information content (AvgIpc) is 2.45. The summed E-state index contributed by atoms with van der Waals surface area (Å²) in [6.45, 7) is 5.40. The Morgan fingerprint density at radius 1 is 1.30 bits per heavy atom. The van der Waals surface area contributed by atoms with Gasteiger partial charge in [-0.3, -0.25) is 4.79 Å². The Labute approximate surface area is 121 Å². The fourth-order valence-corrected chi connectivity index (χ4v) is 2.09. The maximum atomic E-state index is 13.4. The molecular formula is C16H25FN2O. The second kappa shape index (κ2) is 9.48. The van der Waals surface area contributed by atoms with Crippen molar-refractivity contribution in [2.75, 3.05) is 18.4 Å². The zero-order valence-electron chi connectivity index (χ0n) is 12.4. The molecule has 2 N–H and O–H groups in total. The van der Waals surface area contributed by atoms with E-state index < -0.39 is 5.82 Å². The summed E-state index contributed by atoms with van der Waals surface area (Å²) in [6.07, 6.45) is 4.72. The van der Waals surface area contributed by atoms with E-state index in [1.807, 2.05) is 0 Å². The second-order valence-electron chi connectivity index (χ2n) is 5.08. The highest BCUT2D eigenvalue weighted by molar-refractivity contribution is 5.92. The molecule has 0 saturated heterocycles. The van der Waals surface area contributed by atoms with Crippen molar-refractivity contribution in [3.63, 3.8) is 0 Å². The molecule has 0 heterocycles. The largest absolute Gasteiger partial charge is 0.322 e. The molecule has 0 aromatic heterocycles. The number of halogens is 1. The Hall–Kier alpha value is -1.42. The van der Waals surface area contributed by atoms with Crippen LogP contribution in [0.5, 0.6) is 0 Å². The van der Waals surface area contributed by atoms with Crippen molar-refractivity contribution < 1.29 is 9.18 Å². The number of para-hydroxylation sites is 1. The van der Waals surface area contributed by atoms with Gasteiger partial charge in [-0.25, -0.2) is 4.39 Å². The molecule has 112 valence electrons. The summed E-state index contributed by atoms with van der Waals surface area (Å²) in [4.78, 5) is 11.7. The van der Waals surface area contributed by atoms with Crippen LogP contribution >= 0.6 is 0 Å². The number of benzene rings is 1. The molecule has 0 fully saturated rings. The minimum atomic E-state index is -0.407. The fourth-order valence-electron chi connectivity index (χ4n) is 2.09. The van der Waals surface area contributed by atoms with E-state index in [1.165, 1.54) is 25.3 Å². The summed E-state index contributed by atoms with van der Waals surface area (Å²) in [5, 5.41) is 5.72. The number of rotatable bonds is 9. The van der Waals surface area contributed by atoms with Gasteiger partial charge >= 0.3 is 0 Å². The van der Waals surface area contributed by atoms with Gasteiger partial charge in [0.1, 0.15) is 5.82 Å². The first-order valence-electron chi connectivity index (χ1n) is 7.42. The van der Waals surface area contributed by atoms with Crippen LogP contribution in [0.1, 0.15) is 39.5 Å². The van der Waals surface area contributed by atoms with Gasteiger partial charge in [0.25, 0.3) is 0 Å². The average molecular weight is 280 g/mol. The van der Waals surface area contributed by atoms with Crippen molar-refractivity contribution in [2.24, 2.45) is 5.92 Å². The molecule has 0 radical (unpaired) electrons. The molecule has 0 saturated carbocycles. The number of carbonyl (C=O) groups excluding carboxylic acids is 1. The number of unbranched alkanes of at least 4 members (excludes halogenated alkanes) is 1. The van der Waals surface area contributed by atoms with Gasteiger partial charge in [-0.1, -0.05) is 45.2 Å². The monoisotopic (exact) mass is 280 g/mol. The number of amides is 1. The molecule has 20 heavy (non-hydrogen) atoms. The lowest BCUT2D eigenvalue weighted by atomic mass is 9.99. The van der Waals surface area contributed by atoms with E-state index in [2.05, 4.69) is 24.5 Å². The molecule has 1 atom stereocenters. The highest BCUT2D eigenvalue weighted by Gasteiger charge is 2.08. The van der Waals surface area contributed by atoms with E-state index in [9.17, 15) is 9.18 Å². The molecule has 4 heteroatoms. The third-order valence-corrected chi connectivity index (χ3v) is 3.41. The zero-order chi connectivity index (χ0) is 14.8. The minimum Gasteiger partial charge on any atom is -0.322 e. The Bertz CT molecular complexity index is 409. The molecule has 1 amide bonds. The van der Waals surface area contributed by atoms with Crippen LogP contribution in [0.4, 0.5) is 10.1 Å². The van der Waals surface area contributed by atoms with Crippen molar-refractivity contribution in [3.8, 4) is 0 Å². The third kappa shape index (κ3) is 6.15. The number of carbonyl (C=O) groups is 1. The van der Waals surface area contributed by atoms with Gasteiger partial charge in [-0.2, -0.15) is 0 Å². The van der Waals surface area contributed by atoms with Gasteiger partial charge in [0, 0.05) is 0 Å². The van der Waals surface area contributed by atoms with Crippen molar-refractivity contribution in [1.29, 1.82) is 0 Å². The molecule has 0 aliphatic carbocycles. The number of hydrogen-bond donors (Lipinski definition) is 2. The van der Waals surface area contributed by atoms with Crippen LogP contribution in [-0.2, 0) is 4.79 Å². The van der Waals surface area contributed by atoms with Crippen LogP contribution in [-0.4, -0.2) is 19.0 Å². The molecule has 0 aliphatic heterocycles. The smallest absolute Gasteiger partial charge is 0.238 e. The van der Waals surface area contributed by atoms with Crippen LogP contribution in [0.15, 0.2) is 24.3 Å². The van der Waals surface area contributed by atoms with Gasteiger partial charge in [-0.15, -0.1) is 0 Å². The van der Waals surface area contributed by atoms with Gasteiger partial charge in [0.2, 0.25) is 5.91 Å². The fraction of sp³-hybridized carbons (Fsp3) is 0.562. The van der Waals surface area contributed by atoms with Crippen LogP contribution in [0.2, 0.25) is 0 Å². The lowest BCUT2D eigenvalue weighted by molar-refractivity contribution is -0.115. The van der Waals surface area contributed by atoms with E-state index in [4.69, 9.17) is 0 Å². The van der Waals surface area contributed by atoms with Gasteiger partial charge < -0.3 is 10.6 Å². The topological polar surface area (TPSA) is 41.1 Å². The lowest BCUT2D eigenvalue weighted by Gasteiger charge is -2.15. The van der Waals surface area contributed by atoms with Crippen molar-refractivity contribution in [3.05, 3.63) is 30.1 Å². The molecule has 1 rings (SSSR count). The molecule has 3 nitrogen and oxygen atoms in total. The Kier molecular flexibility index (Phi) is 7.88. The molecule has 1 unspecified atom stereocenters. The van der Waals surface area contributed by atoms with Crippen LogP contribution in [0.25, 0.3) is 0 Å². The molecule has 0 bridgehead atoms. The Balaban J connectivity index is 2.28. The van der Waals surface area contributed by atoms with E-state index >= 15 is 0 Å². The maximum Gasteiger partial charge on any atom is 0.238 e. The van der Waals surface area contributed by atoms with Crippen molar-refractivity contribution >= 4 is 11.6 Å². The van der Waals surface area contributed by atoms with Crippen molar-refractivity contribution in [1.82, 2.24) is 5.32 Å². The lowest BCUT2D eigenvalue weighted by Crippen LogP contribution is -2.31.